The third-order valence-corrected chi connectivity index (χ3v) is 6.22. The molecule has 2 heterocycles. The van der Waals surface area contributed by atoms with Crippen LogP contribution in [0.4, 0.5) is 10.3 Å². The molecular formula is C27H31FN4O. The number of halogens is 1. The van der Waals surface area contributed by atoms with Crippen molar-refractivity contribution in [3.05, 3.63) is 77.9 Å². The zero-order valence-corrected chi connectivity index (χ0v) is 19.4. The second-order valence-corrected chi connectivity index (χ2v) is 8.89. The molecule has 1 unspecified atom stereocenters. The summed E-state index contributed by atoms with van der Waals surface area (Å²) in [6.45, 7) is 1.47. The van der Waals surface area contributed by atoms with Gasteiger partial charge in [0.25, 0.3) is 0 Å². The zero-order chi connectivity index (χ0) is 23.2. The zero-order valence-electron chi connectivity index (χ0n) is 19.4. The third-order valence-electron chi connectivity index (χ3n) is 6.22. The molecule has 172 valence electrons. The maximum absolute atomic E-state index is 13.1. The smallest absolute Gasteiger partial charge is 0.225 e. The van der Waals surface area contributed by atoms with Gasteiger partial charge in [-0.3, -0.25) is 4.79 Å². The number of benzene rings is 2. The summed E-state index contributed by atoms with van der Waals surface area (Å²) >= 11 is 0. The molecule has 2 aromatic carbocycles. The topological polar surface area (TPSA) is 49.3 Å². The quantitative estimate of drug-likeness (QED) is 0.508. The lowest BCUT2D eigenvalue weighted by Gasteiger charge is -2.33. The standard InChI is InChI=1S/C27H31FN4O/c1-31(2)27-29-18-24(21-9-4-3-5-10-21)26(30-27)22-11-7-17-32(19-22)25(33)12-6-8-20-13-15-23(28)16-14-20/h3-5,9-10,13-16,18,22H,6-8,11-12,17,19H2,1-2H3. The predicted octanol–water partition coefficient (Wildman–Crippen LogP) is 5.08. The summed E-state index contributed by atoms with van der Waals surface area (Å²) < 4.78 is 13.1. The van der Waals surface area contributed by atoms with E-state index in [2.05, 4.69) is 17.1 Å². The first-order chi connectivity index (χ1) is 16.0. The van der Waals surface area contributed by atoms with Gasteiger partial charge >= 0.3 is 0 Å². The maximum atomic E-state index is 13.1. The van der Waals surface area contributed by atoms with Gasteiger partial charge in [-0.15, -0.1) is 0 Å². The highest BCUT2D eigenvalue weighted by molar-refractivity contribution is 5.76. The van der Waals surface area contributed by atoms with Crippen molar-refractivity contribution in [3.8, 4) is 11.1 Å². The summed E-state index contributed by atoms with van der Waals surface area (Å²) in [7, 11) is 3.89. The lowest BCUT2D eigenvalue weighted by atomic mass is 9.89. The number of carbonyl (C=O) groups excluding carboxylic acids is 1. The number of anilines is 1. The Morgan fingerprint density at radius 2 is 1.88 bits per heavy atom. The van der Waals surface area contributed by atoms with Crippen molar-refractivity contribution in [2.24, 2.45) is 0 Å². The summed E-state index contributed by atoms with van der Waals surface area (Å²) in [5.41, 5.74) is 4.21. The van der Waals surface area contributed by atoms with Crippen LogP contribution in [0.15, 0.2) is 60.8 Å². The van der Waals surface area contributed by atoms with Crippen molar-refractivity contribution < 1.29 is 9.18 Å². The van der Waals surface area contributed by atoms with Crippen molar-refractivity contribution in [2.75, 3.05) is 32.1 Å². The number of likely N-dealkylation sites (tertiary alicyclic amines) is 1. The first kappa shape index (κ1) is 22.9. The van der Waals surface area contributed by atoms with Crippen LogP contribution in [0.3, 0.4) is 0 Å². The van der Waals surface area contributed by atoms with E-state index in [1.807, 2.05) is 48.3 Å². The number of piperidine rings is 1. The fourth-order valence-corrected chi connectivity index (χ4v) is 4.43. The van der Waals surface area contributed by atoms with Crippen molar-refractivity contribution in [1.82, 2.24) is 14.9 Å². The second kappa shape index (κ2) is 10.6. The molecule has 1 aliphatic rings. The Bertz CT molecular complexity index is 1070. The fraction of sp³-hybridized carbons (Fsp3) is 0.370. The summed E-state index contributed by atoms with van der Waals surface area (Å²) in [5, 5.41) is 0. The molecule has 0 bridgehead atoms. The van der Waals surface area contributed by atoms with Crippen LogP contribution < -0.4 is 4.90 Å². The van der Waals surface area contributed by atoms with E-state index in [4.69, 9.17) is 4.98 Å². The Balaban J connectivity index is 1.46. The highest BCUT2D eigenvalue weighted by Crippen LogP contribution is 2.34. The van der Waals surface area contributed by atoms with Gasteiger partial charge in [0.15, 0.2) is 0 Å². The highest BCUT2D eigenvalue weighted by Gasteiger charge is 2.28. The van der Waals surface area contributed by atoms with Crippen LogP contribution >= 0.6 is 0 Å². The van der Waals surface area contributed by atoms with Crippen LogP contribution in [-0.2, 0) is 11.2 Å². The molecule has 0 N–H and O–H groups in total. The van der Waals surface area contributed by atoms with Gasteiger partial charge in [-0.2, -0.15) is 0 Å². The molecule has 33 heavy (non-hydrogen) atoms. The average molecular weight is 447 g/mol. The highest BCUT2D eigenvalue weighted by atomic mass is 19.1. The van der Waals surface area contributed by atoms with Gasteiger partial charge < -0.3 is 9.80 Å². The second-order valence-electron chi connectivity index (χ2n) is 8.89. The Morgan fingerprint density at radius 1 is 1.12 bits per heavy atom. The molecule has 5 nitrogen and oxygen atoms in total. The van der Waals surface area contributed by atoms with Crippen molar-refractivity contribution >= 4 is 11.9 Å². The Kier molecular flexibility index (Phi) is 7.33. The van der Waals surface area contributed by atoms with Gasteiger partial charge in [0.05, 0.1) is 5.69 Å². The minimum atomic E-state index is -0.230. The van der Waals surface area contributed by atoms with E-state index >= 15 is 0 Å². The average Bonchev–Trinajstić information content (AvgIpc) is 2.85. The molecule has 0 aliphatic carbocycles. The molecule has 4 rings (SSSR count). The molecule has 1 aromatic heterocycles. The number of hydrogen-bond donors (Lipinski definition) is 0. The van der Waals surface area contributed by atoms with E-state index in [1.165, 1.54) is 12.1 Å². The largest absolute Gasteiger partial charge is 0.347 e. The number of amides is 1. The van der Waals surface area contributed by atoms with E-state index in [9.17, 15) is 9.18 Å². The fourth-order valence-electron chi connectivity index (χ4n) is 4.43. The molecule has 1 atom stereocenters. The molecule has 1 fully saturated rings. The SMILES string of the molecule is CN(C)c1ncc(-c2ccccc2)c(C2CCCN(C(=O)CCCc3ccc(F)cc3)C2)n1. The Labute approximate surface area is 195 Å². The molecule has 0 radical (unpaired) electrons. The molecular weight excluding hydrogens is 415 g/mol. The first-order valence-corrected chi connectivity index (χ1v) is 11.6. The van der Waals surface area contributed by atoms with E-state index in [1.54, 1.807) is 12.1 Å². The summed E-state index contributed by atoms with van der Waals surface area (Å²) in [5.74, 6) is 0.820. The van der Waals surface area contributed by atoms with Crippen molar-refractivity contribution in [1.29, 1.82) is 0 Å². The number of hydrogen-bond acceptors (Lipinski definition) is 4. The molecule has 0 saturated carbocycles. The van der Waals surface area contributed by atoms with Gasteiger partial charge in [0, 0.05) is 51.3 Å². The summed E-state index contributed by atoms with van der Waals surface area (Å²) in [6.07, 6.45) is 5.92. The molecule has 6 heteroatoms. The molecule has 1 saturated heterocycles. The van der Waals surface area contributed by atoms with Crippen LogP contribution in [0.2, 0.25) is 0 Å². The molecule has 3 aromatic rings. The van der Waals surface area contributed by atoms with E-state index in [-0.39, 0.29) is 17.6 Å². The Morgan fingerprint density at radius 3 is 2.61 bits per heavy atom. The Hall–Kier alpha value is -3.28. The van der Waals surface area contributed by atoms with Crippen LogP contribution in [0.25, 0.3) is 11.1 Å². The van der Waals surface area contributed by atoms with Crippen LogP contribution in [0.5, 0.6) is 0 Å². The number of aromatic nitrogens is 2. The van der Waals surface area contributed by atoms with Crippen LogP contribution in [-0.4, -0.2) is 48.0 Å². The molecule has 0 spiro atoms. The van der Waals surface area contributed by atoms with Gasteiger partial charge in [0.2, 0.25) is 11.9 Å². The van der Waals surface area contributed by atoms with Crippen LogP contribution in [0.1, 0.15) is 42.9 Å². The van der Waals surface area contributed by atoms with Gasteiger partial charge in [0.1, 0.15) is 5.82 Å². The molecule has 1 amide bonds. The lowest BCUT2D eigenvalue weighted by Crippen LogP contribution is -2.39. The normalized spacial score (nSPS) is 16.0. The van der Waals surface area contributed by atoms with Gasteiger partial charge in [-0.1, -0.05) is 42.5 Å². The minimum absolute atomic E-state index is 0.178. The number of nitrogens with zero attached hydrogens (tertiary/aromatic N) is 4. The summed E-state index contributed by atoms with van der Waals surface area (Å²) in [6, 6.07) is 16.7. The van der Waals surface area contributed by atoms with Crippen molar-refractivity contribution in [2.45, 2.75) is 38.0 Å². The van der Waals surface area contributed by atoms with E-state index in [0.29, 0.717) is 18.9 Å². The first-order valence-electron chi connectivity index (χ1n) is 11.6. The van der Waals surface area contributed by atoms with Crippen LogP contribution in [0, 0.1) is 5.82 Å². The van der Waals surface area contributed by atoms with E-state index in [0.717, 1.165) is 54.6 Å². The van der Waals surface area contributed by atoms with E-state index < -0.39 is 0 Å². The summed E-state index contributed by atoms with van der Waals surface area (Å²) in [4.78, 5) is 26.4. The third kappa shape index (κ3) is 5.75. The maximum Gasteiger partial charge on any atom is 0.225 e. The number of carbonyl (C=O) groups is 1. The number of aryl methyl sites for hydroxylation is 1. The monoisotopic (exact) mass is 446 g/mol. The number of rotatable bonds is 7. The molecule has 1 aliphatic heterocycles. The minimum Gasteiger partial charge on any atom is -0.347 e. The predicted molar refractivity (Wildman–Crippen MR) is 130 cm³/mol. The van der Waals surface area contributed by atoms with Gasteiger partial charge in [-0.25, -0.2) is 14.4 Å². The lowest BCUT2D eigenvalue weighted by molar-refractivity contribution is -0.132. The van der Waals surface area contributed by atoms with Crippen molar-refractivity contribution in [3.63, 3.8) is 0 Å². The van der Waals surface area contributed by atoms with Gasteiger partial charge in [-0.05, 0) is 48.9 Å².